The number of thiazole rings is 1. The Balaban J connectivity index is 2.17. The number of hydrogen-bond donors (Lipinski definition) is 2. The van der Waals surface area contributed by atoms with Crippen molar-refractivity contribution in [2.45, 2.75) is 25.4 Å². The van der Waals surface area contributed by atoms with Gasteiger partial charge in [-0.2, -0.15) is 0 Å². The van der Waals surface area contributed by atoms with Gasteiger partial charge in [-0.1, -0.05) is 0 Å². The standard InChI is InChI=1S/C10H15BrN2OS/c1-10(14,7-3-2-4-12-5-7)9-13-8(11)6-15-9/h6-7,12,14H,2-5H2,1H3. The third-order valence-electron chi connectivity index (χ3n) is 3.00. The second-order valence-corrected chi connectivity index (χ2v) is 5.84. The molecule has 0 saturated carbocycles. The molecule has 1 aromatic rings. The van der Waals surface area contributed by atoms with Crippen LogP contribution in [0, 0.1) is 5.92 Å². The van der Waals surface area contributed by atoms with Gasteiger partial charge in [-0.25, -0.2) is 4.98 Å². The van der Waals surface area contributed by atoms with Gasteiger partial charge >= 0.3 is 0 Å². The van der Waals surface area contributed by atoms with Crippen LogP contribution in [0.3, 0.4) is 0 Å². The minimum Gasteiger partial charge on any atom is -0.383 e. The van der Waals surface area contributed by atoms with Crippen molar-refractivity contribution in [3.8, 4) is 0 Å². The molecule has 1 aliphatic heterocycles. The van der Waals surface area contributed by atoms with Crippen LogP contribution in [0.25, 0.3) is 0 Å². The summed E-state index contributed by atoms with van der Waals surface area (Å²) in [6, 6.07) is 0. The monoisotopic (exact) mass is 290 g/mol. The second-order valence-electron chi connectivity index (χ2n) is 4.17. The molecule has 0 aliphatic carbocycles. The maximum absolute atomic E-state index is 10.5. The van der Waals surface area contributed by atoms with Crippen molar-refractivity contribution in [2.75, 3.05) is 13.1 Å². The van der Waals surface area contributed by atoms with E-state index in [9.17, 15) is 5.11 Å². The molecular formula is C10H15BrN2OS. The van der Waals surface area contributed by atoms with Gasteiger partial charge in [0.2, 0.25) is 0 Å². The second kappa shape index (κ2) is 4.49. The van der Waals surface area contributed by atoms with Crippen molar-refractivity contribution in [1.82, 2.24) is 10.3 Å². The predicted octanol–water partition coefficient (Wildman–Crippen LogP) is 2.11. The molecule has 5 heteroatoms. The molecule has 3 nitrogen and oxygen atoms in total. The minimum atomic E-state index is -0.801. The summed E-state index contributed by atoms with van der Waals surface area (Å²) in [6.45, 7) is 3.81. The summed E-state index contributed by atoms with van der Waals surface area (Å²) in [7, 11) is 0. The highest BCUT2D eigenvalue weighted by Gasteiger charge is 2.36. The number of nitrogens with zero attached hydrogens (tertiary/aromatic N) is 1. The van der Waals surface area contributed by atoms with Crippen molar-refractivity contribution in [3.05, 3.63) is 15.0 Å². The number of piperidine rings is 1. The predicted molar refractivity (Wildman–Crippen MR) is 65.0 cm³/mol. The van der Waals surface area contributed by atoms with Crippen molar-refractivity contribution in [2.24, 2.45) is 5.92 Å². The zero-order chi connectivity index (χ0) is 10.9. The minimum absolute atomic E-state index is 0.268. The quantitative estimate of drug-likeness (QED) is 0.877. The molecule has 2 heterocycles. The maximum atomic E-state index is 10.5. The third-order valence-corrected chi connectivity index (χ3v) is 4.78. The number of rotatable bonds is 2. The highest BCUT2D eigenvalue weighted by Crippen LogP contribution is 2.35. The molecule has 1 fully saturated rings. The molecule has 0 aromatic carbocycles. The van der Waals surface area contributed by atoms with E-state index < -0.39 is 5.60 Å². The van der Waals surface area contributed by atoms with E-state index in [2.05, 4.69) is 26.2 Å². The number of hydrogen-bond acceptors (Lipinski definition) is 4. The first-order chi connectivity index (χ1) is 7.10. The van der Waals surface area contributed by atoms with E-state index >= 15 is 0 Å². The molecule has 84 valence electrons. The summed E-state index contributed by atoms with van der Waals surface area (Å²) in [5.74, 6) is 0.268. The van der Waals surface area contributed by atoms with E-state index in [-0.39, 0.29) is 5.92 Å². The average molecular weight is 291 g/mol. The first-order valence-electron chi connectivity index (χ1n) is 5.15. The van der Waals surface area contributed by atoms with Crippen LogP contribution in [0.15, 0.2) is 9.98 Å². The summed E-state index contributed by atoms with van der Waals surface area (Å²) in [5.41, 5.74) is -0.801. The van der Waals surface area contributed by atoms with Crippen LogP contribution < -0.4 is 5.32 Å². The Hall–Kier alpha value is 0.0300. The van der Waals surface area contributed by atoms with Crippen LogP contribution in [-0.4, -0.2) is 23.2 Å². The van der Waals surface area contributed by atoms with E-state index in [1.165, 1.54) is 11.3 Å². The molecule has 0 amide bonds. The molecule has 0 bridgehead atoms. The van der Waals surface area contributed by atoms with E-state index in [0.717, 1.165) is 35.5 Å². The molecule has 15 heavy (non-hydrogen) atoms. The molecule has 1 aliphatic rings. The largest absolute Gasteiger partial charge is 0.383 e. The Kier molecular flexibility index (Phi) is 3.45. The number of nitrogens with one attached hydrogen (secondary N) is 1. The molecule has 2 unspecified atom stereocenters. The fourth-order valence-corrected chi connectivity index (χ4v) is 3.39. The highest BCUT2D eigenvalue weighted by molar-refractivity contribution is 9.10. The van der Waals surface area contributed by atoms with E-state index in [1.807, 2.05) is 12.3 Å². The summed E-state index contributed by atoms with van der Waals surface area (Å²) < 4.78 is 0.812. The third kappa shape index (κ3) is 2.41. The summed E-state index contributed by atoms with van der Waals surface area (Å²) in [5, 5.41) is 16.6. The van der Waals surface area contributed by atoms with Crippen molar-refractivity contribution < 1.29 is 5.11 Å². The fourth-order valence-electron chi connectivity index (χ4n) is 1.99. The van der Waals surface area contributed by atoms with Crippen molar-refractivity contribution in [1.29, 1.82) is 0 Å². The zero-order valence-corrected chi connectivity index (χ0v) is 11.1. The smallest absolute Gasteiger partial charge is 0.126 e. The van der Waals surface area contributed by atoms with E-state index in [1.54, 1.807) is 0 Å². The van der Waals surface area contributed by atoms with Crippen LogP contribution in [0.4, 0.5) is 0 Å². The average Bonchev–Trinajstić information content (AvgIpc) is 2.67. The van der Waals surface area contributed by atoms with Gasteiger partial charge in [0.1, 0.15) is 15.2 Å². The molecule has 2 N–H and O–H groups in total. The number of aromatic nitrogens is 1. The first-order valence-corrected chi connectivity index (χ1v) is 6.82. The lowest BCUT2D eigenvalue weighted by molar-refractivity contribution is -0.0158. The van der Waals surface area contributed by atoms with Crippen molar-refractivity contribution >= 4 is 27.3 Å². The van der Waals surface area contributed by atoms with Gasteiger partial charge in [0.15, 0.2) is 0 Å². The maximum Gasteiger partial charge on any atom is 0.126 e. The lowest BCUT2D eigenvalue weighted by Crippen LogP contribution is -2.42. The molecule has 0 radical (unpaired) electrons. The number of aliphatic hydroxyl groups is 1. The Morgan fingerprint density at radius 3 is 3.07 bits per heavy atom. The van der Waals surface area contributed by atoms with Gasteiger partial charge in [-0.3, -0.25) is 0 Å². The van der Waals surface area contributed by atoms with Gasteiger partial charge in [0.25, 0.3) is 0 Å². The molecule has 1 saturated heterocycles. The van der Waals surface area contributed by atoms with Crippen LogP contribution in [0.2, 0.25) is 0 Å². The summed E-state index contributed by atoms with van der Waals surface area (Å²) in [6.07, 6.45) is 2.20. The van der Waals surface area contributed by atoms with Gasteiger partial charge in [-0.05, 0) is 42.2 Å². The first kappa shape index (κ1) is 11.5. The van der Waals surface area contributed by atoms with Gasteiger partial charge < -0.3 is 10.4 Å². The van der Waals surface area contributed by atoms with Crippen LogP contribution in [0.1, 0.15) is 24.8 Å². The van der Waals surface area contributed by atoms with Gasteiger partial charge in [0, 0.05) is 17.8 Å². The fraction of sp³-hybridized carbons (Fsp3) is 0.700. The van der Waals surface area contributed by atoms with Gasteiger partial charge in [-0.15, -0.1) is 11.3 Å². The van der Waals surface area contributed by atoms with Crippen molar-refractivity contribution in [3.63, 3.8) is 0 Å². The lowest BCUT2D eigenvalue weighted by Gasteiger charge is -2.34. The van der Waals surface area contributed by atoms with Crippen LogP contribution in [-0.2, 0) is 5.60 Å². The number of halogens is 1. The molecule has 2 atom stereocenters. The van der Waals surface area contributed by atoms with Crippen LogP contribution >= 0.6 is 27.3 Å². The van der Waals surface area contributed by atoms with Gasteiger partial charge in [0.05, 0.1) is 0 Å². The molecule has 1 aromatic heterocycles. The zero-order valence-electron chi connectivity index (χ0n) is 8.66. The highest BCUT2D eigenvalue weighted by atomic mass is 79.9. The molecule has 0 spiro atoms. The Labute approximate surface area is 102 Å². The molecular weight excluding hydrogens is 276 g/mol. The summed E-state index contributed by atoms with van der Waals surface area (Å²) in [4.78, 5) is 4.31. The van der Waals surface area contributed by atoms with Crippen LogP contribution in [0.5, 0.6) is 0 Å². The Morgan fingerprint density at radius 1 is 1.73 bits per heavy atom. The summed E-state index contributed by atoms with van der Waals surface area (Å²) >= 11 is 4.84. The SMILES string of the molecule is CC(O)(c1nc(Br)cs1)C1CCCNC1. The Bertz CT molecular complexity index is 334. The van der Waals surface area contributed by atoms with E-state index in [4.69, 9.17) is 0 Å². The normalized spacial score (nSPS) is 26.2. The lowest BCUT2D eigenvalue weighted by atomic mass is 9.84. The topological polar surface area (TPSA) is 45.2 Å². The Morgan fingerprint density at radius 2 is 2.53 bits per heavy atom. The molecule has 2 rings (SSSR count). The van der Waals surface area contributed by atoms with E-state index in [0.29, 0.717) is 0 Å².